The molecule has 0 bridgehead atoms. The summed E-state index contributed by atoms with van der Waals surface area (Å²) in [6.45, 7) is 3.40. The number of ether oxygens (including phenoxy) is 2. The average molecular weight is 399 g/mol. The molecule has 0 saturated heterocycles. The number of rotatable bonds is 9. The first-order valence-electron chi connectivity index (χ1n) is 8.13. The summed E-state index contributed by atoms with van der Waals surface area (Å²) in [6, 6.07) is 3.35. The second-order valence-electron chi connectivity index (χ2n) is 5.66. The average Bonchev–Trinajstić information content (AvgIpc) is 3.41. The number of carbonyl (C=O) groups is 2. The van der Waals surface area contributed by atoms with Gasteiger partial charge >= 0.3 is 0 Å². The van der Waals surface area contributed by atoms with Crippen molar-refractivity contribution < 1.29 is 19.1 Å². The third kappa shape index (κ3) is 5.12. The van der Waals surface area contributed by atoms with E-state index in [-0.39, 0.29) is 17.7 Å². The van der Waals surface area contributed by atoms with E-state index in [1.807, 2.05) is 6.92 Å². The lowest BCUT2D eigenvalue weighted by molar-refractivity contribution is -0.122. The lowest BCUT2D eigenvalue weighted by atomic mass is 10.2. The van der Waals surface area contributed by atoms with Crippen LogP contribution in [0.2, 0.25) is 0 Å². The molecule has 1 aliphatic rings. The van der Waals surface area contributed by atoms with Crippen molar-refractivity contribution >= 4 is 27.7 Å². The van der Waals surface area contributed by atoms with E-state index >= 15 is 0 Å². The van der Waals surface area contributed by atoms with Crippen LogP contribution >= 0.6 is 15.9 Å². The Balaban J connectivity index is 1.90. The van der Waals surface area contributed by atoms with Gasteiger partial charge in [-0.1, -0.05) is 6.92 Å². The Kier molecular flexibility index (Phi) is 6.90. The molecule has 132 valence electrons. The highest BCUT2D eigenvalue weighted by atomic mass is 79.9. The number of amides is 2. The largest absolute Gasteiger partial charge is 0.493 e. The van der Waals surface area contributed by atoms with Crippen LogP contribution in [0.3, 0.4) is 0 Å². The first kappa shape index (κ1) is 18.6. The number of hydrogen-bond acceptors (Lipinski definition) is 4. The molecule has 0 aliphatic heterocycles. The van der Waals surface area contributed by atoms with Gasteiger partial charge in [0.25, 0.3) is 5.91 Å². The van der Waals surface area contributed by atoms with Crippen LogP contribution in [0.15, 0.2) is 16.6 Å². The van der Waals surface area contributed by atoms with E-state index in [1.165, 1.54) is 7.11 Å². The van der Waals surface area contributed by atoms with Crippen LogP contribution in [0.4, 0.5) is 0 Å². The molecule has 6 nitrogen and oxygen atoms in total. The molecule has 7 heteroatoms. The summed E-state index contributed by atoms with van der Waals surface area (Å²) < 4.78 is 11.6. The van der Waals surface area contributed by atoms with Crippen LogP contribution in [0, 0.1) is 5.92 Å². The molecular formula is C17H23BrN2O4. The van der Waals surface area contributed by atoms with Crippen molar-refractivity contribution in [1.82, 2.24) is 10.6 Å². The smallest absolute Gasteiger partial charge is 0.251 e. The quantitative estimate of drug-likeness (QED) is 0.626. The second kappa shape index (κ2) is 8.92. The number of halogens is 1. The van der Waals surface area contributed by atoms with Crippen molar-refractivity contribution in [3.63, 3.8) is 0 Å². The Morgan fingerprint density at radius 3 is 2.58 bits per heavy atom. The number of carbonyl (C=O) groups excluding carboxylic acids is 2. The first-order valence-corrected chi connectivity index (χ1v) is 8.92. The molecule has 0 atom stereocenters. The maximum Gasteiger partial charge on any atom is 0.251 e. The fourth-order valence-electron chi connectivity index (χ4n) is 2.15. The van der Waals surface area contributed by atoms with Crippen molar-refractivity contribution in [2.45, 2.75) is 26.2 Å². The van der Waals surface area contributed by atoms with Crippen molar-refractivity contribution in [1.29, 1.82) is 0 Å². The molecule has 24 heavy (non-hydrogen) atoms. The van der Waals surface area contributed by atoms with Crippen LogP contribution in [-0.2, 0) is 4.79 Å². The molecule has 1 aliphatic carbocycles. The summed E-state index contributed by atoms with van der Waals surface area (Å²) in [5, 5.41) is 5.59. The van der Waals surface area contributed by atoms with Gasteiger partial charge in [0.05, 0.1) is 18.2 Å². The van der Waals surface area contributed by atoms with Gasteiger partial charge in [-0.2, -0.15) is 0 Å². The van der Waals surface area contributed by atoms with Gasteiger partial charge < -0.3 is 20.1 Å². The third-order valence-corrected chi connectivity index (χ3v) is 4.19. The summed E-state index contributed by atoms with van der Waals surface area (Å²) in [5.74, 6) is 1.12. The van der Waals surface area contributed by atoms with Gasteiger partial charge in [-0.25, -0.2) is 0 Å². The minimum atomic E-state index is -0.225. The van der Waals surface area contributed by atoms with E-state index in [0.717, 1.165) is 19.3 Å². The normalized spacial score (nSPS) is 13.3. The molecule has 2 rings (SSSR count). The van der Waals surface area contributed by atoms with Crippen LogP contribution < -0.4 is 20.1 Å². The Morgan fingerprint density at radius 1 is 1.25 bits per heavy atom. The van der Waals surface area contributed by atoms with E-state index in [2.05, 4.69) is 26.6 Å². The maximum absolute atomic E-state index is 12.2. The van der Waals surface area contributed by atoms with E-state index in [0.29, 0.717) is 41.2 Å². The Labute approximate surface area is 150 Å². The molecule has 0 spiro atoms. The Bertz CT molecular complexity index is 602. The van der Waals surface area contributed by atoms with Crippen LogP contribution in [0.1, 0.15) is 36.5 Å². The number of nitrogens with one attached hydrogen (secondary N) is 2. The van der Waals surface area contributed by atoms with Crippen molar-refractivity contribution in [3.05, 3.63) is 22.2 Å². The van der Waals surface area contributed by atoms with Crippen LogP contribution in [0.25, 0.3) is 0 Å². The molecule has 1 aromatic carbocycles. The topological polar surface area (TPSA) is 76.7 Å². The molecule has 0 unspecified atom stereocenters. The molecule has 1 aromatic rings. The van der Waals surface area contributed by atoms with Gasteiger partial charge in [0.1, 0.15) is 0 Å². The Hall–Kier alpha value is -1.76. The highest BCUT2D eigenvalue weighted by Crippen LogP contribution is 2.36. The second-order valence-corrected chi connectivity index (χ2v) is 6.51. The van der Waals surface area contributed by atoms with Gasteiger partial charge in [0.15, 0.2) is 11.5 Å². The van der Waals surface area contributed by atoms with Crippen molar-refractivity contribution in [2.24, 2.45) is 5.92 Å². The lowest BCUT2D eigenvalue weighted by Crippen LogP contribution is -2.35. The van der Waals surface area contributed by atoms with E-state index in [4.69, 9.17) is 9.47 Å². The molecule has 1 saturated carbocycles. The predicted molar refractivity (Wildman–Crippen MR) is 94.5 cm³/mol. The summed E-state index contributed by atoms with van der Waals surface area (Å²) in [7, 11) is 1.54. The minimum absolute atomic E-state index is 0.0751. The summed E-state index contributed by atoms with van der Waals surface area (Å²) in [6.07, 6.45) is 2.82. The standard InChI is InChI=1S/C17H23BrN2O4/c1-3-8-24-15-13(18)9-12(10-14(15)23-2)17(22)20-7-6-19-16(21)11-4-5-11/h9-11H,3-8H2,1-2H3,(H,19,21)(H,20,22). The van der Waals surface area contributed by atoms with Gasteiger partial charge in [-0.3, -0.25) is 9.59 Å². The highest BCUT2D eigenvalue weighted by Gasteiger charge is 2.29. The van der Waals surface area contributed by atoms with Gasteiger partial charge in [-0.15, -0.1) is 0 Å². The summed E-state index contributed by atoms with van der Waals surface area (Å²) in [5.41, 5.74) is 0.469. The number of methoxy groups -OCH3 is 1. The zero-order chi connectivity index (χ0) is 17.5. The van der Waals surface area contributed by atoms with Crippen molar-refractivity contribution in [2.75, 3.05) is 26.8 Å². The minimum Gasteiger partial charge on any atom is -0.493 e. The van der Waals surface area contributed by atoms with E-state index in [9.17, 15) is 9.59 Å². The fraction of sp³-hybridized carbons (Fsp3) is 0.529. The number of hydrogen-bond donors (Lipinski definition) is 2. The molecule has 2 N–H and O–H groups in total. The molecule has 0 aromatic heterocycles. The molecule has 0 radical (unpaired) electrons. The van der Waals surface area contributed by atoms with Gasteiger partial charge in [-0.05, 0) is 47.3 Å². The molecule has 0 heterocycles. The predicted octanol–water partition coefficient (Wildman–Crippen LogP) is 2.50. The highest BCUT2D eigenvalue weighted by molar-refractivity contribution is 9.10. The first-order chi connectivity index (χ1) is 11.6. The summed E-state index contributed by atoms with van der Waals surface area (Å²) in [4.78, 5) is 23.8. The van der Waals surface area contributed by atoms with Crippen LogP contribution in [-0.4, -0.2) is 38.6 Å². The van der Waals surface area contributed by atoms with Gasteiger partial charge in [0.2, 0.25) is 5.91 Å². The van der Waals surface area contributed by atoms with E-state index in [1.54, 1.807) is 12.1 Å². The monoisotopic (exact) mass is 398 g/mol. The van der Waals surface area contributed by atoms with Gasteiger partial charge in [0, 0.05) is 24.6 Å². The fourth-order valence-corrected chi connectivity index (χ4v) is 2.71. The molecule has 2 amide bonds. The zero-order valence-electron chi connectivity index (χ0n) is 14.0. The maximum atomic E-state index is 12.2. The number of benzene rings is 1. The molecular weight excluding hydrogens is 376 g/mol. The Morgan fingerprint density at radius 2 is 1.96 bits per heavy atom. The van der Waals surface area contributed by atoms with Crippen molar-refractivity contribution in [3.8, 4) is 11.5 Å². The van der Waals surface area contributed by atoms with E-state index < -0.39 is 0 Å². The van der Waals surface area contributed by atoms with Crippen LogP contribution in [0.5, 0.6) is 11.5 Å². The third-order valence-electron chi connectivity index (χ3n) is 3.60. The zero-order valence-corrected chi connectivity index (χ0v) is 15.6. The lowest BCUT2D eigenvalue weighted by Gasteiger charge is -2.14. The summed E-state index contributed by atoms with van der Waals surface area (Å²) >= 11 is 3.42. The SMILES string of the molecule is CCCOc1c(Br)cc(C(=O)NCCNC(=O)C2CC2)cc1OC. The molecule has 1 fully saturated rings.